The van der Waals surface area contributed by atoms with Gasteiger partial charge >= 0.3 is 0 Å². The molecule has 1 aromatic heterocycles. The summed E-state index contributed by atoms with van der Waals surface area (Å²) in [4.78, 5) is 3.67. The largest absolute Gasteiger partial charge is 0.396 e. The average Bonchev–Trinajstić information content (AvgIpc) is 2.27. The second-order valence-corrected chi connectivity index (χ2v) is 6.27. The van der Waals surface area contributed by atoms with Crippen molar-refractivity contribution < 1.29 is 13.5 Å². The molecular weight excluding hydrogens is 242 g/mol. The zero-order valence-corrected chi connectivity index (χ0v) is 10.7. The first kappa shape index (κ1) is 13.9. The smallest absolute Gasteiger partial charge is 0.244 e. The summed E-state index contributed by atoms with van der Waals surface area (Å²) in [5.41, 5.74) is 4.98. The number of aliphatic hydroxyl groups excluding tert-OH is 1. The monoisotopic (exact) mass is 259 g/mol. The van der Waals surface area contributed by atoms with Gasteiger partial charge < -0.3 is 10.8 Å². The van der Waals surface area contributed by atoms with Gasteiger partial charge in [-0.3, -0.25) is 0 Å². The number of rotatable bonds is 5. The molecule has 0 saturated carbocycles. The molecule has 7 heteroatoms. The van der Waals surface area contributed by atoms with Gasteiger partial charge in [-0.15, -0.1) is 0 Å². The van der Waals surface area contributed by atoms with E-state index < -0.39 is 15.4 Å². The molecule has 1 heterocycles. The summed E-state index contributed by atoms with van der Waals surface area (Å²) in [6, 6.07) is 2.89. The van der Waals surface area contributed by atoms with E-state index in [1.807, 2.05) is 0 Å². The number of hydrogen-bond donors (Lipinski definition) is 3. The van der Waals surface area contributed by atoms with E-state index in [1.54, 1.807) is 13.8 Å². The summed E-state index contributed by atoms with van der Waals surface area (Å²) in [5, 5.41) is 9.04. The van der Waals surface area contributed by atoms with E-state index in [9.17, 15) is 8.42 Å². The molecule has 0 aliphatic carbocycles. The number of sulfonamides is 1. The Morgan fingerprint density at radius 3 is 2.71 bits per heavy atom. The second-order valence-electron chi connectivity index (χ2n) is 4.53. The molecule has 0 aliphatic heterocycles. The van der Waals surface area contributed by atoms with Gasteiger partial charge in [-0.25, -0.2) is 18.1 Å². The minimum atomic E-state index is -3.68. The highest BCUT2D eigenvalue weighted by atomic mass is 32.2. The van der Waals surface area contributed by atoms with E-state index in [4.69, 9.17) is 10.8 Å². The lowest BCUT2D eigenvalue weighted by molar-refractivity contribution is 0.163. The second kappa shape index (κ2) is 4.99. The molecule has 0 atom stereocenters. The van der Waals surface area contributed by atoms with Crippen LogP contribution >= 0.6 is 0 Å². The van der Waals surface area contributed by atoms with Crippen LogP contribution in [-0.2, 0) is 10.0 Å². The van der Waals surface area contributed by atoms with Gasteiger partial charge in [0.2, 0.25) is 10.0 Å². The fraction of sp³-hybridized carbons (Fsp3) is 0.500. The Labute approximate surface area is 101 Å². The molecule has 96 valence electrons. The number of nitrogens with two attached hydrogens (primary N) is 1. The third kappa shape index (κ3) is 3.65. The summed E-state index contributed by atoms with van der Waals surface area (Å²) >= 11 is 0. The number of nitrogen functional groups attached to an aromatic ring is 1. The number of aromatic nitrogens is 1. The van der Waals surface area contributed by atoms with E-state index in [0.29, 0.717) is 0 Å². The lowest BCUT2D eigenvalue weighted by Crippen LogP contribution is -2.36. The SMILES string of the molecule is CC(C)(CO)CNS(=O)(=O)c1cccnc1N. The Morgan fingerprint density at radius 1 is 1.53 bits per heavy atom. The molecule has 0 amide bonds. The highest BCUT2D eigenvalue weighted by Crippen LogP contribution is 2.17. The standard InChI is InChI=1S/C10H17N3O3S/c1-10(2,7-14)6-13-17(15,16)8-4-3-5-12-9(8)11/h3-5,13-14H,6-7H2,1-2H3,(H2,11,12). The molecule has 0 aliphatic rings. The number of anilines is 1. The molecule has 0 spiro atoms. The molecule has 4 N–H and O–H groups in total. The van der Waals surface area contributed by atoms with Crippen LogP contribution in [0, 0.1) is 5.41 Å². The highest BCUT2D eigenvalue weighted by molar-refractivity contribution is 7.89. The summed E-state index contributed by atoms with van der Waals surface area (Å²) in [6.45, 7) is 3.52. The van der Waals surface area contributed by atoms with Crippen molar-refractivity contribution in [3.05, 3.63) is 18.3 Å². The van der Waals surface area contributed by atoms with Crippen molar-refractivity contribution in [3.8, 4) is 0 Å². The number of nitrogens with one attached hydrogen (secondary N) is 1. The van der Waals surface area contributed by atoms with Crippen LogP contribution in [0.3, 0.4) is 0 Å². The molecule has 17 heavy (non-hydrogen) atoms. The number of aliphatic hydroxyl groups is 1. The molecular formula is C10H17N3O3S. The van der Waals surface area contributed by atoms with Crippen LogP contribution in [0.4, 0.5) is 5.82 Å². The summed E-state index contributed by atoms with van der Waals surface area (Å²) < 4.78 is 26.2. The zero-order valence-electron chi connectivity index (χ0n) is 9.84. The van der Waals surface area contributed by atoms with Crippen LogP contribution in [0.2, 0.25) is 0 Å². The predicted molar refractivity (Wildman–Crippen MR) is 64.7 cm³/mol. The van der Waals surface area contributed by atoms with Crippen molar-refractivity contribution in [2.45, 2.75) is 18.7 Å². The fourth-order valence-corrected chi connectivity index (χ4v) is 2.38. The highest BCUT2D eigenvalue weighted by Gasteiger charge is 2.23. The van der Waals surface area contributed by atoms with Gasteiger partial charge in [-0.2, -0.15) is 0 Å². The lowest BCUT2D eigenvalue weighted by Gasteiger charge is -2.21. The maximum atomic E-state index is 11.9. The Hall–Kier alpha value is -1.18. The normalized spacial score (nSPS) is 12.6. The third-order valence-corrected chi connectivity index (χ3v) is 3.71. The van der Waals surface area contributed by atoms with Gasteiger partial charge in [0.25, 0.3) is 0 Å². The van der Waals surface area contributed by atoms with Crippen LogP contribution in [-0.4, -0.2) is 31.7 Å². The van der Waals surface area contributed by atoms with E-state index in [1.165, 1.54) is 18.3 Å². The Morgan fingerprint density at radius 2 is 2.18 bits per heavy atom. The van der Waals surface area contributed by atoms with Gasteiger partial charge in [0.05, 0.1) is 0 Å². The number of nitrogens with zero attached hydrogens (tertiary/aromatic N) is 1. The lowest BCUT2D eigenvalue weighted by atomic mass is 9.96. The minimum Gasteiger partial charge on any atom is -0.396 e. The van der Waals surface area contributed by atoms with Crippen molar-refractivity contribution in [3.63, 3.8) is 0 Å². The van der Waals surface area contributed by atoms with Crippen molar-refractivity contribution in [1.29, 1.82) is 0 Å². The van der Waals surface area contributed by atoms with Crippen molar-refractivity contribution in [2.75, 3.05) is 18.9 Å². The third-order valence-electron chi connectivity index (χ3n) is 2.26. The summed E-state index contributed by atoms with van der Waals surface area (Å²) in [6.07, 6.45) is 1.42. The van der Waals surface area contributed by atoms with Gasteiger partial charge in [0, 0.05) is 24.8 Å². The van der Waals surface area contributed by atoms with Crippen molar-refractivity contribution in [1.82, 2.24) is 9.71 Å². The Balaban J connectivity index is 2.88. The van der Waals surface area contributed by atoms with Crippen molar-refractivity contribution >= 4 is 15.8 Å². The average molecular weight is 259 g/mol. The molecule has 0 bridgehead atoms. The number of pyridine rings is 1. The fourth-order valence-electron chi connectivity index (χ4n) is 1.05. The van der Waals surface area contributed by atoms with E-state index in [-0.39, 0.29) is 23.9 Å². The zero-order chi connectivity index (χ0) is 13.1. The molecule has 6 nitrogen and oxygen atoms in total. The Bertz CT molecular complexity index is 485. The molecule has 0 unspecified atom stereocenters. The summed E-state index contributed by atoms with van der Waals surface area (Å²) in [7, 11) is -3.68. The maximum absolute atomic E-state index is 11.9. The first-order valence-electron chi connectivity index (χ1n) is 5.09. The van der Waals surface area contributed by atoms with Crippen LogP contribution in [0.25, 0.3) is 0 Å². The Kier molecular flexibility index (Phi) is 4.07. The van der Waals surface area contributed by atoms with Crippen LogP contribution < -0.4 is 10.5 Å². The van der Waals surface area contributed by atoms with E-state index in [0.717, 1.165) is 0 Å². The first-order valence-corrected chi connectivity index (χ1v) is 6.58. The van der Waals surface area contributed by atoms with Gasteiger partial charge in [-0.05, 0) is 12.1 Å². The van der Waals surface area contributed by atoms with Gasteiger partial charge in [-0.1, -0.05) is 13.8 Å². The van der Waals surface area contributed by atoms with Gasteiger partial charge in [0.15, 0.2) is 0 Å². The molecule has 0 aromatic carbocycles. The molecule has 1 aromatic rings. The van der Waals surface area contributed by atoms with E-state index in [2.05, 4.69) is 9.71 Å². The summed E-state index contributed by atoms with van der Waals surface area (Å²) in [5.74, 6) is -0.0400. The predicted octanol–water partition coefficient (Wildman–Crippen LogP) is -0.0394. The quantitative estimate of drug-likeness (QED) is 0.688. The minimum absolute atomic E-state index is 0.0400. The number of hydrogen-bond acceptors (Lipinski definition) is 5. The van der Waals surface area contributed by atoms with Crippen LogP contribution in [0.1, 0.15) is 13.8 Å². The maximum Gasteiger partial charge on any atom is 0.244 e. The molecule has 0 radical (unpaired) electrons. The van der Waals surface area contributed by atoms with E-state index >= 15 is 0 Å². The topological polar surface area (TPSA) is 105 Å². The first-order chi connectivity index (χ1) is 7.78. The van der Waals surface area contributed by atoms with Crippen LogP contribution in [0.15, 0.2) is 23.2 Å². The molecule has 0 saturated heterocycles. The molecule has 1 rings (SSSR count). The molecule has 0 fully saturated rings. The van der Waals surface area contributed by atoms with Crippen LogP contribution in [0.5, 0.6) is 0 Å². The van der Waals surface area contributed by atoms with Crippen molar-refractivity contribution in [2.24, 2.45) is 5.41 Å². The van der Waals surface area contributed by atoms with Gasteiger partial charge in [0.1, 0.15) is 10.7 Å².